The van der Waals surface area contributed by atoms with Crippen LogP contribution in [0.3, 0.4) is 0 Å². The molecule has 0 radical (unpaired) electrons. The van der Waals surface area contributed by atoms with Crippen molar-refractivity contribution in [1.82, 2.24) is 14.9 Å². The molecule has 2 aromatic heterocycles. The molecule has 2 N–H and O–H groups in total. The van der Waals surface area contributed by atoms with E-state index in [1.54, 1.807) is 45.2 Å². The predicted octanol–water partition coefficient (Wildman–Crippen LogP) is 2.55. The first kappa shape index (κ1) is 18.0. The summed E-state index contributed by atoms with van der Waals surface area (Å²) in [5.74, 6) is 1.65. The fourth-order valence-corrected chi connectivity index (χ4v) is 2.66. The van der Waals surface area contributed by atoms with E-state index in [1.165, 1.54) is 0 Å². The number of carbonyl (C=O) groups excluding carboxylic acids is 1. The number of aliphatic hydroxyl groups excluding tert-OH is 1. The van der Waals surface area contributed by atoms with Gasteiger partial charge in [-0.15, -0.1) is 0 Å². The van der Waals surface area contributed by atoms with E-state index in [2.05, 4.69) is 10.3 Å². The lowest BCUT2D eigenvalue weighted by Crippen LogP contribution is -2.46. The zero-order chi connectivity index (χ0) is 18.9. The maximum absolute atomic E-state index is 12.7. The number of hydrogen-bond acceptors (Lipinski definition) is 5. The highest BCUT2D eigenvalue weighted by Crippen LogP contribution is 2.29. The van der Waals surface area contributed by atoms with Crippen LogP contribution in [0.25, 0.3) is 11.0 Å². The average molecular weight is 357 g/mol. The van der Waals surface area contributed by atoms with Crippen molar-refractivity contribution in [3.63, 3.8) is 0 Å². The van der Waals surface area contributed by atoms with Gasteiger partial charge < -0.3 is 24.1 Å². The van der Waals surface area contributed by atoms with Crippen LogP contribution in [0.5, 0.6) is 5.75 Å². The topological polar surface area (TPSA) is 89.5 Å². The number of furan rings is 1. The van der Waals surface area contributed by atoms with Crippen LogP contribution >= 0.6 is 0 Å². The lowest BCUT2D eigenvalue weighted by atomic mass is 10.0. The van der Waals surface area contributed by atoms with E-state index in [1.807, 2.05) is 17.8 Å². The summed E-state index contributed by atoms with van der Waals surface area (Å²) in [5, 5.41) is 12.9. The molecule has 138 valence electrons. The van der Waals surface area contributed by atoms with Crippen molar-refractivity contribution in [2.75, 3.05) is 6.61 Å². The Morgan fingerprint density at radius 2 is 2.19 bits per heavy atom. The summed E-state index contributed by atoms with van der Waals surface area (Å²) in [5.41, 5.74) is 0.335. The Morgan fingerprint density at radius 1 is 1.42 bits per heavy atom. The standard InChI is InChI=1S/C19H23N3O4/c1-12-17(18(24)21-19(2,3)11-23)14-9-13(5-6-15(14)26-12)25-10-16-20-7-8-22(16)4/h5-9,23H,10-11H2,1-4H3,(H,21,24). The third-order valence-electron chi connectivity index (χ3n) is 4.20. The molecule has 0 aliphatic carbocycles. The molecule has 7 heteroatoms. The summed E-state index contributed by atoms with van der Waals surface area (Å²) in [6.07, 6.45) is 3.57. The van der Waals surface area contributed by atoms with Crippen LogP contribution in [-0.2, 0) is 13.7 Å². The molecule has 3 aromatic rings. The summed E-state index contributed by atoms with van der Waals surface area (Å²) < 4.78 is 13.4. The van der Waals surface area contributed by atoms with Gasteiger partial charge in [0.1, 0.15) is 29.5 Å². The van der Waals surface area contributed by atoms with Gasteiger partial charge in [-0.05, 0) is 39.0 Å². The molecule has 1 amide bonds. The van der Waals surface area contributed by atoms with Crippen LogP contribution in [0.1, 0.15) is 35.8 Å². The molecule has 2 heterocycles. The van der Waals surface area contributed by atoms with Crippen LogP contribution in [0.2, 0.25) is 0 Å². The van der Waals surface area contributed by atoms with Gasteiger partial charge in [-0.1, -0.05) is 0 Å². The minimum absolute atomic E-state index is 0.161. The van der Waals surface area contributed by atoms with Gasteiger partial charge in [-0.2, -0.15) is 0 Å². The zero-order valence-electron chi connectivity index (χ0n) is 15.4. The van der Waals surface area contributed by atoms with Gasteiger partial charge in [0.05, 0.1) is 17.7 Å². The summed E-state index contributed by atoms with van der Waals surface area (Å²) in [4.78, 5) is 16.9. The molecular weight excluding hydrogens is 334 g/mol. The Balaban J connectivity index is 1.88. The molecule has 0 saturated heterocycles. The van der Waals surface area contributed by atoms with E-state index in [4.69, 9.17) is 9.15 Å². The Labute approximate surface area is 151 Å². The van der Waals surface area contributed by atoms with E-state index in [0.717, 1.165) is 5.82 Å². The number of imidazole rings is 1. The minimum atomic E-state index is -0.723. The molecule has 0 saturated carbocycles. The molecule has 26 heavy (non-hydrogen) atoms. The number of carbonyl (C=O) groups is 1. The number of amides is 1. The maximum Gasteiger partial charge on any atom is 0.255 e. The molecule has 7 nitrogen and oxygen atoms in total. The molecule has 3 rings (SSSR count). The zero-order valence-corrected chi connectivity index (χ0v) is 15.4. The van der Waals surface area contributed by atoms with E-state index >= 15 is 0 Å². The fourth-order valence-electron chi connectivity index (χ4n) is 2.66. The van der Waals surface area contributed by atoms with Crippen molar-refractivity contribution in [3.8, 4) is 5.75 Å². The van der Waals surface area contributed by atoms with Gasteiger partial charge in [0.25, 0.3) is 5.91 Å². The van der Waals surface area contributed by atoms with Gasteiger partial charge in [-0.3, -0.25) is 4.79 Å². The molecule has 0 atom stereocenters. The highest BCUT2D eigenvalue weighted by Gasteiger charge is 2.25. The Kier molecular flexibility index (Phi) is 4.73. The SMILES string of the molecule is Cc1oc2ccc(OCc3nccn3C)cc2c1C(=O)NC(C)(C)CO. The highest BCUT2D eigenvalue weighted by molar-refractivity contribution is 6.07. The van der Waals surface area contributed by atoms with E-state index < -0.39 is 5.54 Å². The third-order valence-corrected chi connectivity index (χ3v) is 4.20. The van der Waals surface area contributed by atoms with Crippen LogP contribution in [-0.4, -0.2) is 32.7 Å². The lowest BCUT2D eigenvalue weighted by molar-refractivity contribution is 0.0869. The number of aromatic nitrogens is 2. The molecule has 0 spiro atoms. The molecule has 0 fully saturated rings. The number of rotatable bonds is 6. The normalized spacial score (nSPS) is 11.7. The van der Waals surface area contributed by atoms with E-state index in [0.29, 0.717) is 34.6 Å². The molecule has 0 aliphatic rings. The average Bonchev–Trinajstić information content (AvgIpc) is 3.14. The Bertz CT molecular complexity index is 940. The molecular formula is C19H23N3O4. The third kappa shape index (κ3) is 3.57. The summed E-state index contributed by atoms with van der Waals surface area (Å²) in [7, 11) is 1.90. The van der Waals surface area contributed by atoms with Crippen molar-refractivity contribution < 1.29 is 19.1 Å². The predicted molar refractivity (Wildman–Crippen MR) is 97.1 cm³/mol. The van der Waals surface area contributed by atoms with Gasteiger partial charge >= 0.3 is 0 Å². The lowest BCUT2D eigenvalue weighted by Gasteiger charge is -2.23. The quantitative estimate of drug-likeness (QED) is 0.708. The van der Waals surface area contributed by atoms with Crippen molar-refractivity contribution >= 4 is 16.9 Å². The second kappa shape index (κ2) is 6.84. The van der Waals surface area contributed by atoms with E-state index in [9.17, 15) is 9.90 Å². The number of hydrogen-bond donors (Lipinski definition) is 2. The van der Waals surface area contributed by atoms with Gasteiger partial charge in [0.2, 0.25) is 0 Å². The van der Waals surface area contributed by atoms with Crippen molar-refractivity contribution in [1.29, 1.82) is 0 Å². The van der Waals surface area contributed by atoms with Crippen LogP contribution < -0.4 is 10.1 Å². The molecule has 0 aliphatic heterocycles. The number of aryl methyl sites for hydroxylation is 2. The molecule has 0 bridgehead atoms. The molecule has 1 aromatic carbocycles. The van der Waals surface area contributed by atoms with Gasteiger partial charge in [-0.25, -0.2) is 4.98 Å². The summed E-state index contributed by atoms with van der Waals surface area (Å²) >= 11 is 0. The number of benzene rings is 1. The summed E-state index contributed by atoms with van der Waals surface area (Å²) in [6, 6.07) is 5.37. The second-order valence-corrected chi connectivity index (χ2v) is 6.93. The van der Waals surface area contributed by atoms with Crippen LogP contribution in [0.15, 0.2) is 35.0 Å². The Morgan fingerprint density at radius 3 is 2.85 bits per heavy atom. The fraction of sp³-hybridized carbons (Fsp3) is 0.368. The maximum atomic E-state index is 12.7. The van der Waals surface area contributed by atoms with Gasteiger partial charge in [0.15, 0.2) is 0 Å². The summed E-state index contributed by atoms with van der Waals surface area (Å²) in [6.45, 7) is 5.42. The first-order chi connectivity index (χ1) is 12.3. The number of nitrogens with zero attached hydrogens (tertiary/aromatic N) is 2. The first-order valence-electron chi connectivity index (χ1n) is 8.36. The number of ether oxygens (including phenoxy) is 1. The van der Waals surface area contributed by atoms with Gasteiger partial charge in [0, 0.05) is 24.8 Å². The first-order valence-corrected chi connectivity index (χ1v) is 8.36. The van der Waals surface area contributed by atoms with Crippen molar-refractivity contribution in [2.24, 2.45) is 7.05 Å². The molecule has 0 unspecified atom stereocenters. The largest absolute Gasteiger partial charge is 0.486 e. The number of nitrogens with one attached hydrogen (secondary N) is 1. The Hall–Kier alpha value is -2.80. The number of aliphatic hydroxyl groups is 1. The van der Waals surface area contributed by atoms with Crippen molar-refractivity contribution in [2.45, 2.75) is 32.9 Å². The minimum Gasteiger partial charge on any atom is -0.486 e. The van der Waals surface area contributed by atoms with Crippen LogP contribution in [0, 0.1) is 6.92 Å². The number of fused-ring (bicyclic) bond motifs is 1. The highest BCUT2D eigenvalue weighted by atomic mass is 16.5. The van der Waals surface area contributed by atoms with E-state index in [-0.39, 0.29) is 12.5 Å². The van der Waals surface area contributed by atoms with Crippen LogP contribution in [0.4, 0.5) is 0 Å². The van der Waals surface area contributed by atoms with Crippen molar-refractivity contribution in [3.05, 3.63) is 47.7 Å². The smallest absolute Gasteiger partial charge is 0.255 e. The monoisotopic (exact) mass is 357 g/mol. The second-order valence-electron chi connectivity index (χ2n) is 6.93.